The van der Waals surface area contributed by atoms with E-state index >= 15 is 0 Å². The third-order valence-electron chi connectivity index (χ3n) is 3.28. The number of hydrogen-bond acceptors (Lipinski definition) is 4. The predicted octanol–water partition coefficient (Wildman–Crippen LogP) is 1.86. The summed E-state index contributed by atoms with van der Waals surface area (Å²) in [5.41, 5.74) is 4.84. The molecule has 1 heterocycles. The van der Waals surface area contributed by atoms with Crippen LogP contribution in [0, 0.1) is 0 Å². The Bertz CT molecular complexity index is 628. The van der Waals surface area contributed by atoms with Crippen molar-refractivity contribution in [2.45, 2.75) is 18.5 Å². The van der Waals surface area contributed by atoms with Gasteiger partial charge in [0.15, 0.2) is 5.54 Å². The standard InChI is InChI=1S/C15H16N2O3S/c1-15(14(19)20,10-6-3-2-4-7-10)17-13(18)12(16)11-8-5-9-21-11/h2-9,12H,16H2,1H3,(H,17,18)(H,19,20). The molecule has 1 aromatic carbocycles. The first-order valence-electron chi connectivity index (χ1n) is 6.35. The zero-order chi connectivity index (χ0) is 15.5. The molecular formula is C15H16N2O3S. The summed E-state index contributed by atoms with van der Waals surface area (Å²) in [5.74, 6) is -1.66. The Balaban J connectivity index is 2.25. The van der Waals surface area contributed by atoms with E-state index in [1.54, 1.807) is 42.5 Å². The van der Waals surface area contributed by atoms with Crippen LogP contribution in [0.1, 0.15) is 23.4 Å². The van der Waals surface area contributed by atoms with Gasteiger partial charge in [0, 0.05) is 4.88 Å². The summed E-state index contributed by atoms with van der Waals surface area (Å²) in [6, 6.07) is 11.2. The molecule has 21 heavy (non-hydrogen) atoms. The van der Waals surface area contributed by atoms with Crippen LogP contribution in [0.2, 0.25) is 0 Å². The molecule has 4 N–H and O–H groups in total. The quantitative estimate of drug-likeness (QED) is 0.786. The molecule has 0 saturated carbocycles. The minimum absolute atomic E-state index is 0.490. The number of thiophene rings is 1. The van der Waals surface area contributed by atoms with E-state index < -0.39 is 23.5 Å². The van der Waals surface area contributed by atoms with Crippen molar-refractivity contribution >= 4 is 23.2 Å². The van der Waals surface area contributed by atoms with Gasteiger partial charge in [-0.2, -0.15) is 0 Å². The number of nitrogens with one attached hydrogen (secondary N) is 1. The zero-order valence-corrected chi connectivity index (χ0v) is 12.3. The van der Waals surface area contributed by atoms with Crippen molar-refractivity contribution in [3.05, 3.63) is 58.3 Å². The molecule has 0 aliphatic rings. The van der Waals surface area contributed by atoms with Crippen molar-refractivity contribution in [2.24, 2.45) is 5.73 Å². The highest BCUT2D eigenvalue weighted by Gasteiger charge is 2.38. The fraction of sp³-hybridized carbons (Fsp3) is 0.200. The van der Waals surface area contributed by atoms with Crippen molar-refractivity contribution in [3.8, 4) is 0 Å². The van der Waals surface area contributed by atoms with Crippen LogP contribution in [-0.4, -0.2) is 17.0 Å². The van der Waals surface area contributed by atoms with Gasteiger partial charge in [-0.15, -0.1) is 11.3 Å². The van der Waals surface area contributed by atoms with Gasteiger partial charge in [-0.25, -0.2) is 4.79 Å². The number of carboxylic acids is 1. The Hall–Kier alpha value is -2.18. The Morgan fingerprint density at radius 2 is 1.90 bits per heavy atom. The second kappa shape index (κ2) is 6.07. The summed E-state index contributed by atoms with van der Waals surface area (Å²) >= 11 is 1.36. The molecule has 1 aromatic heterocycles. The molecule has 2 rings (SSSR count). The Labute approximate surface area is 126 Å². The first-order chi connectivity index (χ1) is 9.95. The maximum absolute atomic E-state index is 12.2. The summed E-state index contributed by atoms with van der Waals surface area (Å²) in [6.45, 7) is 1.45. The normalized spacial score (nSPS) is 15.0. The lowest BCUT2D eigenvalue weighted by Crippen LogP contribution is -2.52. The molecule has 0 aliphatic carbocycles. The van der Waals surface area contributed by atoms with E-state index in [4.69, 9.17) is 5.73 Å². The summed E-state index contributed by atoms with van der Waals surface area (Å²) in [7, 11) is 0. The Kier molecular flexibility index (Phi) is 4.40. The number of carboxylic acid groups (broad SMARTS) is 1. The van der Waals surface area contributed by atoms with Gasteiger partial charge < -0.3 is 16.2 Å². The van der Waals surface area contributed by atoms with Crippen LogP contribution >= 0.6 is 11.3 Å². The highest BCUT2D eigenvalue weighted by Crippen LogP contribution is 2.23. The van der Waals surface area contributed by atoms with Crippen molar-refractivity contribution < 1.29 is 14.7 Å². The van der Waals surface area contributed by atoms with Crippen molar-refractivity contribution in [2.75, 3.05) is 0 Å². The van der Waals surface area contributed by atoms with E-state index in [0.717, 1.165) is 0 Å². The monoisotopic (exact) mass is 304 g/mol. The number of benzene rings is 1. The molecule has 0 fully saturated rings. The third kappa shape index (κ3) is 3.12. The smallest absolute Gasteiger partial charge is 0.333 e. The average Bonchev–Trinajstić information content (AvgIpc) is 3.01. The number of nitrogens with two attached hydrogens (primary N) is 1. The largest absolute Gasteiger partial charge is 0.479 e. The molecule has 0 spiro atoms. The molecule has 2 unspecified atom stereocenters. The SMILES string of the molecule is CC(NC(=O)C(N)c1cccs1)(C(=O)O)c1ccccc1. The first-order valence-corrected chi connectivity index (χ1v) is 7.23. The summed E-state index contributed by atoms with van der Waals surface area (Å²) in [6.07, 6.45) is 0. The predicted molar refractivity (Wildman–Crippen MR) is 80.8 cm³/mol. The van der Waals surface area contributed by atoms with Crippen LogP contribution in [0.4, 0.5) is 0 Å². The van der Waals surface area contributed by atoms with E-state index in [0.29, 0.717) is 10.4 Å². The van der Waals surface area contributed by atoms with Gasteiger partial charge in [0.2, 0.25) is 5.91 Å². The van der Waals surface area contributed by atoms with Gasteiger partial charge in [0.1, 0.15) is 6.04 Å². The maximum atomic E-state index is 12.2. The van der Waals surface area contributed by atoms with Gasteiger partial charge in [0.05, 0.1) is 0 Å². The summed E-state index contributed by atoms with van der Waals surface area (Å²) in [4.78, 5) is 24.5. The van der Waals surface area contributed by atoms with Gasteiger partial charge >= 0.3 is 5.97 Å². The zero-order valence-electron chi connectivity index (χ0n) is 11.4. The van der Waals surface area contributed by atoms with Gasteiger partial charge in [-0.05, 0) is 23.9 Å². The van der Waals surface area contributed by atoms with E-state index in [2.05, 4.69) is 5.32 Å². The van der Waals surface area contributed by atoms with Crippen LogP contribution in [0.5, 0.6) is 0 Å². The molecule has 2 atom stereocenters. The van der Waals surface area contributed by atoms with Crippen molar-refractivity contribution in [3.63, 3.8) is 0 Å². The summed E-state index contributed by atoms with van der Waals surface area (Å²) in [5, 5.41) is 13.9. The number of amides is 1. The lowest BCUT2D eigenvalue weighted by atomic mass is 9.91. The van der Waals surface area contributed by atoms with E-state index in [-0.39, 0.29) is 0 Å². The molecule has 6 heteroatoms. The molecular weight excluding hydrogens is 288 g/mol. The van der Waals surface area contributed by atoms with Gasteiger partial charge in [0.25, 0.3) is 0 Å². The van der Waals surface area contributed by atoms with Crippen molar-refractivity contribution in [1.29, 1.82) is 0 Å². The number of hydrogen-bond donors (Lipinski definition) is 3. The fourth-order valence-corrected chi connectivity index (χ4v) is 2.67. The molecule has 2 aromatic rings. The summed E-state index contributed by atoms with van der Waals surface area (Å²) < 4.78 is 0. The maximum Gasteiger partial charge on any atom is 0.333 e. The number of rotatable bonds is 5. The highest BCUT2D eigenvalue weighted by molar-refractivity contribution is 7.10. The highest BCUT2D eigenvalue weighted by atomic mass is 32.1. The van der Waals surface area contributed by atoms with Crippen LogP contribution < -0.4 is 11.1 Å². The van der Waals surface area contributed by atoms with Gasteiger partial charge in [-0.1, -0.05) is 36.4 Å². The lowest BCUT2D eigenvalue weighted by molar-refractivity contribution is -0.147. The second-order valence-corrected chi connectivity index (χ2v) is 5.76. The number of carbonyl (C=O) groups excluding carboxylic acids is 1. The minimum atomic E-state index is -1.52. The topological polar surface area (TPSA) is 92.4 Å². The number of aliphatic carboxylic acids is 1. The second-order valence-electron chi connectivity index (χ2n) is 4.78. The molecule has 0 saturated heterocycles. The molecule has 1 amide bonds. The van der Waals surface area contributed by atoms with Crippen LogP contribution in [0.25, 0.3) is 0 Å². The molecule has 110 valence electrons. The fourth-order valence-electron chi connectivity index (χ4n) is 1.94. The Morgan fingerprint density at radius 1 is 1.24 bits per heavy atom. The third-order valence-corrected chi connectivity index (χ3v) is 4.24. The average molecular weight is 304 g/mol. The molecule has 0 bridgehead atoms. The van der Waals surface area contributed by atoms with Crippen LogP contribution in [0.3, 0.4) is 0 Å². The number of carbonyl (C=O) groups is 2. The molecule has 0 radical (unpaired) electrons. The van der Waals surface area contributed by atoms with Gasteiger partial charge in [-0.3, -0.25) is 4.79 Å². The first kappa shape index (κ1) is 15.2. The minimum Gasteiger partial charge on any atom is -0.479 e. The van der Waals surface area contributed by atoms with E-state index in [1.165, 1.54) is 18.3 Å². The Morgan fingerprint density at radius 3 is 2.43 bits per heavy atom. The van der Waals surface area contributed by atoms with Crippen LogP contribution in [0.15, 0.2) is 47.8 Å². The van der Waals surface area contributed by atoms with E-state index in [1.807, 2.05) is 5.38 Å². The molecule has 5 nitrogen and oxygen atoms in total. The van der Waals surface area contributed by atoms with Crippen molar-refractivity contribution in [1.82, 2.24) is 5.32 Å². The lowest BCUT2D eigenvalue weighted by Gasteiger charge is -2.28. The van der Waals surface area contributed by atoms with E-state index in [9.17, 15) is 14.7 Å². The molecule has 0 aliphatic heterocycles. The van der Waals surface area contributed by atoms with Crippen LogP contribution in [-0.2, 0) is 15.1 Å².